The number of aromatic nitrogens is 1. The van der Waals surface area contributed by atoms with Gasteiger partial charge in [-0.25, -0.2) is 0 Å². The quantitative estimate of drug-likeness (QED) is 0.267. The van der Waals surface area contributed by atoms with E-state index in [1.54, 1.807) is 43.0 Å². The number of carbonyl (C=O) groups is 2. The summed E-state index contributed by atoms with van der Waals surface area (Å²) in [6, 6.07) is 18.2. The molecule has 0 saturated carbocycles. The molecule has 1 N–H and O–H groups in total. The van der Waals surface area contributed by atoms with Crippen LogP contribution in [0.5, 0.6) is 17.2 Å². The van der Waals surface area contributed by atoms with Crippen molar-refractivity contribution in [2.24, 2.45) is 0 Å². The van der Waals surface area contributed by atoms with Gasteiger partial charge in [0, 0.05) is 23.8 Å². The number of pyridine rings is 1. The van der Waals surface area contributed by atoms with Crippen LogP contribution in [-0.2, 0) is 11.2 Å². The molecule has 0 atom stereocenters. The second-order valence-corrected chi connectivity index (χ2v) is 8.18. The van der Waals surface area contributed by atoms with Crippen molar-refractivity contribution >= 4 is 28.8 Å². The van der Waals surface area contributed by atoms with Gasteiger partial charge in [0.25, 0.3) is 11.7 Å². The first kappa shape index (κ1) is 24.2. The van der Waals surface area contributed by atoms with Crippen LogP contribution in [0.25, 0.3) is 16.6 Å². The third-order valence-electron chi connectivity index (χ3n) is 5.71. The molecule has 4 rings (SSSR count). The Morgan fingerprint density at radius 1 is 0.886 bits per heavy atom. The number of benzene rings is 2. The molecule has 8 heteroatoms. The molecule has 4 aromatic rings. The Labute approximate surface area is 208 Å². The highest BCUT2D eigenvalue weighted by Crippen LogP contribution is 2.34. The molecule has 0 bridgehead atoms. The predicted molar refractivity (Wildman–Crippen MR) is 135 cm³/mol. The fourth-order valence-corrected chi connectivity index (χ4v) is 4.21. The molecule has 0 fully saturated rings. The van der Waals surface area contributed by atoms with Crippen LogP contribution in [0.1, 0.15) is 16.1 Å². The molecule has 2 aromatic heterocycles. The summed E-state index contributed by atoms with van der Waals surface area (Å²) in [5.41, 5.74) is 3.32. The normalized spacial score (nSPS) is 10.7. The number of halogens is 1. The maximum Gasteiger partial charge on any atom is 0.294 e. The minimum Gasteiger partial charge on any atom is -0.495 e. The van der Waals surface area contributed by atoms with Gasteiger partial charge in [0.1, 0.15) is 11.4 Å². The van der Waals surface area contributed by atoms with Gasteiger partial charge in [-0.15, -0.1) is 0 Å². The first-order valence-electron chi connectivity index (χ1n) is 10.9. The van der Waals surface area contributed by atoms with E-state index in [1.165, 1.54) is 7.11 Å². The molecule has 180 valence electrons. The van der Waals surface area contributed by atoms with E-state index in [2.05, 4.69) is 5.32 Å². The average Bonchev–Trinajstić information content (AvgIpc) is 3.27. The first-order valence-corrected chi connectivity index (χ1v) is 11.3. The molecule has 0 unspecified atom stereocenters. The highest BCUT2D eigenvalue weighted by Gasteiger charge is 2.25. The summed E-state index contributed by atoms with van der Waals surface area (Å²) in [5.74, 6) is 0.442. The number of nitrogens with zero attached hydrogens (tertiary/aromatic N) is 1. The Kier molecular flexibility index (Phi) is 7.27. The van der Waals surface area contributed by atoms with Crippen LogP contribution in [0.4, 0.5) is 0 Å². The summed E-state index contributed by atoms with van der Waals surface area (Å²) >= 11 is 6.33. The number of ether oxygens (including phenoxy) is 3. The lowest BCUT2D eigenvalue weighted by atomic mass is 10.0. The van der Waals surface area contributed by atoms with E-state index in [0.29, 0.717) is 39.8 Å². The smallest absolute Gasteiger partial charge is 0.294 e. The lowest BCUT2D eigenvalue weighted by Gasteiger charge is -2.11. The zero-order chi connectivity index (χ0) is 24.9. The summed E-state index contributed by atoms with van der Waals surface area (Å²) in [7, 11) is 4.68. The van der Waals surface area contributed by atoms with Gasteiger partial charge in [-0.1, -0.05) is 29.8 Å². The fraction of sp³-hybridized carbons (Fsp3) is 0.185. The number of hydrogen-bond donors (Lipinski definition) is 1. The van der Waals surface area contributed by atoms with Crippen molar-refractivity contribution in [3.05, 3.63) is 83.1 Å². The molecular weight excluding hydrogens is 468 g/mol. The second-order valence-electron chi connectivity index (χ2n) is 7.78. The topological polar surface area (TPSA) is 78.3 Å². The maximum absolute atomic E-state index is 13.3. The highest BCUT2D eigenvalue weighted by molar-refractivity contribution is 6.43. The van der Waals surface area contributed by atoms with E-state index >= 15 is 0 Å². The summed E-state index contributed by atoms with van der Waals surface area (Å²) in [6.07, 6.45) is 2.28. The van der Waals surface area contributed by atoms with Gasteiger partial charge in [-0.05, 0) is 60.0 Å². The highest BCUT2D eigenvalue weighted by atomic mass is 35.5. The Bertz CT molecular complexity index is 1400. The monoisotopic (exact) mass is 492 g/mol. The number of methoxy groups -OCH3 is 3. The fourth-order valence-electron chi connectivity index (χ4n) is 3.95. The molecule has 35 heavy (non-hydrogen) atoms. The van der Waals surface area contributed by atoms with Crippen LogP contribution in [0.3, 0.4) is 0 Å². The van der Waals surface area contributed by atoms with E-state index in [9.17, 15) is 9.59 Å². The Morgan fingerprint density at radius 2 is 1.63 bits per heavy atom. The molecule has 0 saturated heterocycles. The van der Waals surface area contributed by atoms with Crippen molar-refractivity contribution in [1.29, 1.82) is 0 Å². The largest absolute Gasteiger partial charge is 0.495 e. The van der Waals surface area contributed by atoms with E-state index in [1.807, 2.05) is 42.5 Å². The van der Waals surface area contributed by atoms with Crippen LogP contribution in [0.15, 0.2) is 66.9 Å². The first-order chi connectivity index (χ1) is 17.0. The number of Topliss-reactive ketones (excluding diaryl/α,β-unsaturated/α-hetero) is 1. The zero-order valence-electron chi connectivity index (χ0n) is 19.6. The lowest BCUT2D eigenvalue weighted by molar-refractivity contribution is -0.117. The minimum atomic E-state index is -0.685. The van der Waals surface area contributed by atoms with Crippen LogP contribution >= 0.6 is 11.6 Å². The standard InChI is InChI=1S/C27H25ClN2O5/c1-33-22-10-8-18(15-21(22)28)20-16-19-6-4-5-13-30(19)25(20)26(31)27(32)29-12-11-17-7-9-23(34-2)24(14-17)35-3/h4-10,13-16H,11-12H2,1-3H3,(H,29,32). The Balaban J connectivity index is 1.57. The van der Waals surface area contributed by atoms with Crippen molar-refractivity contribution in [3.63, 3.8) is 0 Å². The molecule has 0 aliphatic rings. The Hall–Kier alpha value is -3.97. The number of amides is 1. The van der Waals surface area contributed by atoms with Gasteiger partial charge in [0.05, 0.1) is 26.4 Å². The van der Waals surface area contributed by atoms with Crippen LogP contribution in [-0.4, -0.2) is 44.0 Å². The van der Waals surface area contributed by atoms with E-state index in [4.69, 9.17) is 25.8 Å². The predicted octanol–water partition coefficient (Wildman–Crippen LogP) is 4.83. The van der Waals surface area contributed by atoms with Crippen molar-refractivity contribution in [3.8, 4) is 28.4 Å². The maximum atomic E-state index is 13.3. The number of rotatable bonds is 9. The van der Waals surface area contributed by atoms with Crippen LogP contribution in [0, 0.1) is 0 Å². The molecule has 7 nitrogen and oxygen atoms in total. The van der Waals surface area contributed by atoms with Crippen molar-refractivity contribution < 1.29 is 23.8 Å². The summed E-state index contributed by atoms with van der Waals surface area (Å²) in [5, 5.41) is 3.15. The number of hydrogen-bond acceptors (Lipinski definition) is 5. The molecule has 2 heterocycles. The average molecular weight is 493 g/mol. The van der Waals surface area contributed by atoms with Gasteiger partial charge in [0.2, 0.25) is 0 Å². The van der Waals surface area contributed by atoms with E-state index in [0.717, 1.165) is 11.1 Å². The number of carbonyl (C=O) groups excluding carboxylic acids is 2. The van der Waals surface area contributed by atoms with Gasteiger partial charge >= 0.3 is 0 Å². The molecule has 0 aliphatic heterocycles. The summed E-state index contributed by atoms with van der Waals surface area (Å²) in [4.78, 5) is 26.2. The SMILES string of the molecule is COc1ccc(-c2cc3ccccn3c2C(=O)C(=O)NCCc2ccc(OC)c(OC)c2)cc1Cl. The van der Waals surface area contributed by atoms with Gasteiger partial charge in [-0.3, -0.25) is 9.59 Å². The van der Waals surface area contributed by atoms with E-state index in [-0.39, 0.29) is 12.2 Å². The van der Waals surface area contributed by atoms with Crippen molar-refractivity contribution in [2.45, 2.75) is 6.42 Å². The van der Waals surface area contributed by atoms with Crippen molar-refractivity contribution in [2.75, 3.05) is 27.9 Å². The van der Waals surface area contributed by atoms with Gasteiger partial charge < -0.3 is 23.9 Å². The van der Waals surface area contributed by atoms with Crippen LogP contribution in [0.2, 0.25) is 5.02 Å². The third-order valence-corrected chi connectivity index (χ3v) is 6.01. The van der Waals surface area contributed by atoms with Crippen LogP contribution < -0.4 is 19.5 Å². The van der Waals surface area contributed by atoms with Gasteiger partial charge in [-0.2, -0.15) is 0 Å². The third kappa shape index (κ3) is 4.95. The lowest BCUT2D eigenvalue weighted by Crippen LogP contribution is -2.33. The molecule has 0 aliphatic carbocycles. The molecule has 2 aromatic carbocycles. The van der Waals surface area contributed by atoms with Crippen molar-refractivity contribution in [1.82, 2.24) is 9.72 Å². The zero-order valence-corrected chi connectivity index (χ0v) is 20.4. The number of nitrogens with one attached hydrogen (secondary N) is 1. The molecular formula is C27H25ClN2O5. The number of fused-ring (bicyclic) bond motifs is 1. The summed E-state index contributed by atoms with van der Waals surface area (Å²) in [6.45, 7) is 0.285. The minimum absolute atomic E-state index is 0.269. The Morgan fingerprint density at radius 3 is 2.34 bits per heavy atom. The summed E-state index contributed by atoms with van der Waals surface area (Å²) < 4.78 is 17.5. The molecule has 0 spiro atoms. The number of ketones is 1. The second kappa shape index (κ2) is 10.5. The van der Waals surface area contributed by atoms with Gasteiger partial charge in [0.15, 0.2) is 11.5 Å². The molecule has 1 amide bonds. The van der Waals surface area contributed by atoms with E-state index < -0.39 is 11.7 Å². The molecule has 0 radical (unpaired) electrons.